The topological polar surface area (TPSA) is 65.2 Å². The molecule has 2 N–H and O–H groups in total. The van der Waals surface area contributed by atoms with Crippen molar-refractivity contribution in [2.75, 3.05) is 7.11 Å². The van der Waals surface area contributed by atoms with Crippen LogP contribution in [0, 0.1) is 17.7 Å². The molecule has 0 aliphatic carbocycles. The first-order chi connectivity index (χ1) is 7.13. The second-order valence-electron chi connectivity index (χ2n) is 2.66. The van der Waals surface area contributed by atoms with E-state index in [9.17, 15) is 9.18 Å². The highest BCUT2D eigenvalue weighted by molar-refractivity contribution is 5.76. The molecule has 0 bridgehead atoms. The lowest BCUT2D eigenvalue weighted by atomic mass is 10.2. The fourth-order valence-corrected chi connectivity index (χ4v) is 0.905. The third kappa shape index (κ3) is 3.27. The fourth-order valence-electron chi connectivity index (χ4n) is 0.905. The van der Waals surface area contributed by atoms with Crippen molar-refractivity contribution in [2.24, 2.45) is 5.73 Å². The van der Waals surface area contributed by atoms with E-state index in [2.05, 4.69) is 16.8 Å². The molecule has 0 saturated carbocycles. The van der Waals surface area contributed by atoms with Gasteiger partial charge in [-0.1, -0.05) is 11.8 Å². The second kappa shape index (κ2) is 4.96. The molecule has 15 heavy (non-hydrogen) atoms. The molecule has 0 fully saturated rings. The highest BCUT2D eigenvalue weighted by Gasteiger charge is 2.02. The monoisotopic (exact) mass is 208 g/mol. The Hall–Kier alpha value is -2.09. The van der Waals surface area contributed by atoms with Crippen molar-refractivity contribution in [2.45, 2.75) is 6.42 Å². The van der Waals surface area contributed by atoms with Crippen LogP contribution in [0.3, 0.4) is 0 Å². The number of carbonyl (C=O) groups is 1. The van der Waals surface area contributed by atoms with Crippen LogP contribution in [0.15, 0.2) is 12.3 Å². The molecule has 1 heterocycles. The molecule has 0 spiro atoms. The lowest BCUT2D eigenvalue weighted by Crippen LogP contribution is -2.08. The number of nitrogens with zero attached hydrogens (tertiary/aromatic N) is 1. The smallest absolute Gasteiger partial charge is 0.229 e. The van der Waals surface area contributed by atoms with E-state index >= 15 is 0 Å². The molecule has 5 heteroatoms. The first kappa shape index (κ1) is 11.0. The number of amides is 1. The Morgan fingerprint density at radius 3 is 3.07 bits per heavy atom. The van der Waals surface area contributed by atoms with Crippen LogP contribution < -0.4 is 10.5 Å². The zero-order chi connectivity index (χ0) is 11.3. The van der Waals surface area contributed by atoms with Gasteiger partial charge in [0, 0.05) is 0 Å². The number of halogens is 1. The molecular formula is C10H9FN2O2. The van der Waals surface area contributed by atoms with Gasteiger partial charge in [-0.2, -0.15) is 0 Å². The summed E-state index contributed by atoms with van der Waals surface area (Å²) in [6.45, 7) is 0. The van der Waals surface area contributed by atoms with Crippen molar-refractivity contribution >= 4 is 5.91 Å². The van der Waals surface area contributed by atoms with Gasteiger partial charge in [-0.25, -0.2) is 9.37 Å². The summed E-state index contributed by atoms with van der Waals surface area (Å²) in [6.07, 6.45) is 0.942. The zero-order valence-corrected chi connectivity index (χ0v) is 8.08. The Labute approximate surface area is 86.3 Å². The van der Waals surface area contributed by atoms with E-state index in [1.165, 1.54) is 13.2 Å². The molecule has 0 radical (unpaired) electrons. The van der Waals surface area contributed by atoms with Gasteiger partial charge in [0.05, 0.1) is 25.3 Å². The normalized spacial score (nSPS) is 8.93. The third-order valence-corrected chi connectivity index (χ3v) is 1.50. The highest BCUT2D eigenvalue weighted by atomic mass is 19.1. The Balaban J connectivity index is 2.94. The predicted octanol–water partition coefficient (Wildman–Crippen LogP) is 0.456. The Morgan fingerprint density at radius 2 is 2.47 bits per heavy atom. The van der Waals surface area contributed by atoms with Gasteiger partial charge < -0.3 is 10.5 Å². The molecule has 1 amide bonds. The third-order valence-electron chi connectivity index (χ3n) is 1.50. The van der Waals surface area contributed by atoms with Gasteiger partial charge in [0.2, 0.25) is 11.8 Å². The van der Waals surface area contributed by atoms with E-state index in [4.69, 9.17) is 10.5 Å². The van der Waals surface area contributed by atoms with Crippen LogP contribution in [0.25, 0.3) is 0 Å². The zero-order valence-electron chi connectivity index (χ0n) is 8.08. The van der Waals surface area contributed by atoms with Crippen molar-refractivity contribution in [1.29, 1.82) is 0 Å². The van der Waals surface area contributed by atoms with Crippen molar-refractivity contribution in [3.63, 3.8) is 0 Å². The SMILES string of the molecule is COc1ncc(F)cc1C#CCC(N)=O. The molecule has 1 aromatic heterocycles. The summed E-state index contributed by atoms with van der Waals surface area (Å²) in [4.78, 5) is 14.1. The molecule has 4 nitrogen and oxygen atoms in total. The summed E-state index contributed by atoms with van der Waals surface area (Å²) >= 11 is 0. The van der Waals surface area contributed by atoms with Crippen molar-refractivity contribution in [3.05, 3.63) is 23.6 Å². The molecule has 0 saturated heterocycles. The molecule has 1 rings (SSSR count). The average Bonchev–Trinajstić information content (AvgIpc) is 2.17. The second-order valence-corrected chi connectivity index (χ2v) is 2.66. The first-order valence-electron chi connectivity index (χ1n) is 4.10. The Bertz CT molecular complexity index is 435. The number of carbonyl (C=O) groups excluding carboxylic acids is 1. The van der Waals surface area contributed by atoms with Gasteiger partial charge >= 0.3 is 0 Å². The summed E-state index contributed by atoms with van der Waals surface area (Å²) < 4.78 is 17.7. The number of methoxy groups -OCH3 is 1. The molecule has 78 valence electrons. The van der Waals surface area contributed by atoms with Crippen LogP contribution in [0.2, 0.25) is 0 Å². The Morgan fingerprint density at radius 1 is 1.73 bits per heavy atom. The molecule has 0 aliphatic rings. The number of ether oxygens (including phenoxy) is 1. The summed E-state index contributed by atoms with van der Waals surface area (Å²) in [6, 6.07) is 1.18. The van der Waals surface area contributed by atoms with Crippen LogP contribution >= 0.6 is 0 Å². The number of nitrogens with two attached hydrogens (primary N) is 1. The summed E-state index contributed by atoms with van der Waals surface area (Å²) in [7, 11) is 1.40. The van der Waals surface area contributed by atoms with Crippen LogP contribution in [-0.2, 0) is 4.79 Å². The lowest BCUT2D eigenvalue weighted by molar-refractivity contribution is -0.117. The molecule has 0 aromatic carbocycles. The van der Waals surface area contributed by atoms with Crippen LogP contribution in [-0.4, -0.2) is 18.0 Å². The molecule has 1 aromatic rings. The number of hydrogen-bond acceptors (Lipinski definition) is 3. The molecule has 0 aliphatic heterocycles. The van der Waals surface area contributed by atoms with E-state index in [1.807, 2.05) is 0 Å². The van der Waals surface area contributed by atoms with E-state index in [0.717, 1.165) is 6.20 Å². The number of rotatable bonds is 2. The van der Waals surface area contributed by atoms with Gasteiger partial charge in [-0.15, -0.1) is 0 Å². The van der Waals surface area contributed by atoms with Crippen LogP contribution in [0.4, 0.5) is 4.39 Å². The number of primary amides is 1. The van der Waals surface area contributed by atoms with Gasteiger partial charge in [-0.05, 0) is 6.07 Å². The van der Waals surface area contributed by atoms with Crippen LogP contribution in [0.5, 0.6) is 5.88 Å². The van der Waals surface area contributed by atoms with Gasteiger partial charge in [0.1, 0.15) is 5.82 Å². The minimum atomic E-state index is -0.536. The maximum atomic E-state index is 12.8. The Kier molecular flexibility index (Phi) is 3.63. The summed E-state index contributed by atoms with van der Waals surface area (Å²) in [5.74, 6) is 4.22. The molecular weight excluding hydrogens is 199 g/mol. The van der Waals surface area contributed by atoms with E-state index in [-0.39, 0.29) is 12.3 Å². The number of hydrogen-bond donors (Lipinski definition) is 1. The summed E-state index contributed by atoms with van der Waals surface area (Å²) in [5, 5.41) is 0. The minimum absolute atomic E-state index is 0.0837. The lowest BCUT2D eigenvalue weighted by Gasteiger charge is -2.00. The standard InChI is InChI=1S/C10H9FN2O2/c1-15-10-7(3-2-4-9(12)14)5-8(11)6-13-10/h5-6H,4H2,1H3,(H2,12,14). The van der Waals surface area contributed by atoms with Gasteiger partial charge in [0.25, 0.3) is 0 Å². The summed E-state index contributed by atoms with van der Waals surface area (Å²) in [5.41, 5.74) is 5.19. The molecule has 0 atom stereocenters. The maximum absolute atomic E-state index is 12.8. The average molecular weight is 208 g/mol. The van der Waals surface area contributed by atoms with Crippen molar-refractivity contribution in [1.82, 2.24) is 4.98 Å². The van der Waals surface area contributed by atoms with E-state index in [1.54, 1.807) is 0 Å². The predicted molar refractivity (Wildman–Crippen MR) is 51.4 cm³/mol. The van der Waals surface area contributed by atoms with E-state index in [0.29, 0.717) is 5.56 Å². The van der Waals surface area contributed by atoms with Crippen molar-refractivity contribution in [3.8, 4) is 17.7 Å². The van der Waals surface area contributed by atoms with Crippen molar-refractivity contribution < 1.29 is 13.9 Å². The highest BCUT2D eigenvalue weighted by Crippen LogP contribution is 2.13. The first-order valence-corrected chi connectivity index (χ1v) is 4.10. The quantitative estimate of drug-likeness (QED) is 0.718. The maximum Gasteiger partial charge on any atom is 0.229 e. The van der Waals surface area contributed by atoms with Gasteiger partial charge in [0.15, 0.2) is 0 Å². The van der Waals surface area contributed by atoms with E-state index < -0.39 is 11.7 Å². The largest absolute Gasteiger partial charge is 0.480 e. The van der Waals surface area contributed by atoms with Gasteiger partial charge in [-0.3, -0.25) is 4.79 Å². The van der Waals surface area contributed by atoms with Crippen LogP contribution in [0.1, 0.15) is 12.0 Å². The number of pyridine rings is 1. The molecule has 0 unspecified atom stereocenters. The fraction of sp³-hybridized carbons (Fsp3) is 0.200. The minimum Gasteiger partial charge on any atom is -0.480 e. The number of aromatic nitrogens is 1.